The number of aryl methyl sites for hydroxylation is 2. The number of benzene rings is 1. The topological polar surface area (TPSA) is 55.6 Å². The van der Waals surface area contributed by atoms with Crippen LogP contribution in [0, 0.1) is 19.7 Å². The molecule has 1 fully saturated rings. The summed E-state index contributed by atoms with van der Waals surface area (Å²) in [6.07, 6.45) is 0.833. The van der Waals surface area contributed by atoms with Crippen LogP contribution in [0.1, 0.15) is 35.1 Å². The summed E-state index contributed by atoms with van der Waals surface area (Å²) in [4.78, 5) is 14.3. The van der Waals surface area contributed by atoms with Crippen molar-refractivity contribution in [2.75, 3.05) is 19.7 Å². The van der Waals surface area contributed by atoms with E-state index in [0.717, 1.165) is 22.6 Å². The number of carbonyl (C=O) groups excluding carboxylic acids is 1. The van der Waals surface area contributed by atoms with Crippen LogP contribution in [-0.4, -0.2) is 35.7 Å². The van der Waals surface area contributed by atoms with Crippen molar-refractivity contribution in [2.45, 2.75) is 32.8 Å². The number of rotatable bonds is 4. The highest BCUT2D eigenvalue weighted by Gasteiger charge is 2.25. The Morgan fingerprint density at radius 3 is 2.75 bits per heavy atom. The summed E-state index contributed by atoms with van der Waals surface area (Å²) in [5.41, 5.74) is 2.73. The molecule has 1 saturated heterocycles. The van der Waals surface area contributed by atoms with Crippen LogP contribution in [0.5, 0.6) is 0 Å². The molecule has 0 saturated carbocycles. The molecule has 0 N–H and O–H groups in total. The van der Waals surface area contributed by atoms with Crippen LogP contribution in [0.25, 0.3) is 0 Å². The number of ether oxygens (including phenoxy) is 1. The maximum Gasteiger partial charge on any atom is 0.223 e. The molecular weight excluding hydrogens is 311 g/mol. The number of aromatic nitrogens is 1. The fraction of sp³-hybridized carbons (Fsp3) is 0.444. The van der Waals surface area contributed by atoms with Crippen molar-refractivity contribution in [3.63, 3.8) is 0 Å². The minimum Gasteiger partial charge on any atom is -0.370 e. The Bertz CT molecular complexity index is 692. The van der Waals surface area contributed by atoms with Gasteiger partial charge in [-0.3, -0.25) is 4.79 Å². The molecule has 6 heteroatoms. The Balaban J connectivity index is 1.60. The first-order chi connectivity index (χ1) is 11.5. The number of morpholine rings is 1. The Morgan fingerprint density at radius 1 is 1.33 bits per heavy atom. The van der Waals surface area contributed by atoms with Crippen LogP contribution >= 0.6 is 0 Å². The SMILES string of the molecule is Cc1noc(C)c1CCC(=O)N1CCO[C@H](c2ccc(F)cc2)C1. The predicted octanol–water partition coefficient (Wildman–Crippen LogP) is 2.96. The van der Waals surface area contributed by atoms with Crippen molar-refractivity contribution in [3.05, 3.63) is 52.7 Å². The van der Waals surface area contributed by atoms with Gasteiger partial charge in [0.15, 0.2) is 0 Å². The van der Waals surface area contributed by atoms with Gasteiger partial charge in [0.05, 0.1) is 18.8 Å². The van der Waals surface area contributed by atoms with Crippen molar-refractivity contribution in [3.8, 4) is 0 Å². The van der Waals surface area contributed by atoms with E-state index in [-0.39, 0.29) is 17.8 Å². The Kier molecular flexibility index (Phi) is 4.94. The molecule has 0 bridgehead atoms. The van der Waals surface area contributed by atoms with Crippen molar-refractivity contribution >= 4 is 5.91 Å². The van der Waals surface area contributed by atoms with E-state index in [1.54, 1.807) is 12.1 Å². The molecule has 1 aromatic heterocycles. The number of nitrogens with zero attached hydrogens (tertiary/aromatic N) is 2. The van der Waals surface area contributed by atoms with Crippen LogP contribution in [0.3, 0.4) is 0 Å². The van der Waals surface area contributed by atoms with Crippen LogP contribution in [0.4, 0.5) is 4.39 Å². The Labute approximate surface area is 140 Å². The second-order valence-electron chi connectivity index (χ2n) is 6.05. The second-order valence-corrected chi connectivity index (χ2v) is 6.05. The molecule has 2 heterocycles. The molecule has 1 aliphatic rings. The van der Waals surface area contributed by atoms with E-state index in [9.17, 15) is 9.18 Å². The van der Waals surface area contributed by atoms with E-state index in [1.807, 2.05) is 18.7 Å². The van der Waals surface area contributed by atoms with Crippen molar-refractivity contribution in [2.24, 2.45) is 0 Å². The maximum absolute atomic E-state index is 13.0. The van der Waals surface area contributed by atoms with Crippen LogP contribution in [-0.2, 0) is 16.0 Å². The lowest BCUT2D eigenvalue weighted by molar-refractivity contribution is -0.139. The third-order valence-corrected chi connectivity index (χ3v) is 4.43. The molecule has 0 unspecified atom stereocenters. The van der Waals surface area contributed by atoms with Gasteiger partial charge < -0.3 is 14.2 Å². The van der Waals surface area contributed by atoms with Gasteiger partial charge in [-0.25, -0.2) is 4.39 Å². The fourth-order valence-electron chi connectivity index (χ4n) is 3.00. The summed E-state index contributed by atoms with van der Waals surface area (Å²) in [7, 11) is 0. The summed E-state index contributed by atoms with van der Waals surface area (Å²) >= 11 is 0. The number of carbonyl (C=O) groups is 1. The molecule has 1 aromatic carbocycles. The first-order valence-electron chi connectivity index (χ1n) is 8.11. The third kappa shape index (κ3) is 3.64. The quantitative estimate of drug-likeness (QED) is 0.864. The number of amides is 1. The second kappa shape index (κ2) is 7.13. The zero-order valence-corrected chi connectivity index (χ0v) is 13.9. The van der Waals surface area contributed by atoms with Gasteiger partial charge in [0.1, 0.15) is 17.7 Å². The van der Waals surface area contributed by atoms with E-state index in [2.05, 4.69) is 5.16 Å². The molecule has 1 aliphatic heterocycles. The Morgan fingerprint density at radius 2 is 2.08 bits per heavy atom. The van der Waals surface area contributed by atoms with E-state index in [4.69, 9.17) is 9.26 Å². The standard InChI is InChI=1S/C18H21FN2O3/c1-12-16(13(2)24-20-12)7-8-18(22)21-9-10-23-17(11-21)14-3-5-15(19)6-4-14/h3-6,17H,7-11H2,1-2H3/t17-/m0/s1. The van der Waals surface area contributed by atoms with Gasteiger partial charge in [-0.15, -0.1) is 0 Å². The van der Waals surface area contributed by atoms with Gasteiger partial charge in [0.25, 0.3) is 0 Å². The van der Waals surface area contributed by atoms with E-state index < -0.39 is 0 Å². The van der Waals surface area contributed by atoms with Crippen molar-refractivity contribution in [1.82, 2.24) is 10.1 Å². The summed E-state index contributed by atoms with van der Waals surface area (Å²) in [5, 5.41) is 3.91. The van der Waals surface area contributed by atoms with Crippen LogP contribution < -0.4 is 0 Å². The van der Waals surface area contributed by atoms with Gasteiger partial charge in [-0.1, -0.05) is 17.3 Å². The van der Waals surface area contributed by atoms with E-state index >= 15 is 0 Å². The lowest BCUT2D eigenvalue weighted by atomic mass is 10.1. The monoisotopic (exact) mass is 332 g/mol. The number of hydrogen-bond acceptors (Lipinski definition) is 4. The molecule has 3 rings (SSSR count). The minimum atomic E-state index is -0.276. The molecule has 24 heavy (non-hydrogen) atoms. The molecule has 0 aliphatic carbocycles. The Hall–Kier alpha value is -2.21. The van der Waals surface area contributed by atoms with Gasteiger partial charge in [0, 0.05) is 18.5 Å². The lowest BCUT2D eigenvalue weighted by Crippen LogP contribution is -2.42. The molecule has 128 valence electrons. The van der Waals surface area contributed by atoms with Gasteiger partial charge in [-0.2, -0.15) is 0 Å². The summed E-state index contributed by atoms with van der Waals surface area (Å²) in [6, 6.07) is 6.24. The lowest BCUT2D eigenvalue weighted by Gasteiger charge is -2.33. The summed E-state index contributed by atoms with van der Waals surface area (Å²) in [6.45, 7) is 5.30. The first kappa shape index (κ1) is 16.6. The average molecular weight is 332 g/mol. The highest BCUT2D eigenvalue weighted by atomic mass is 19.1. The fourth-order valence-corrected chi connectivity index (χ4v) is 3.00. The normalized spacial score (nSPS) is 18.0. The zero-order valence-electron chi connectivity index (χ0n) is 13.9. The zero-order chi connectivity index (χ0) is 17.1. The van der Waals surface area contributed by atoms with E-state index in [0.29, 0.717) is 32.5 Å². The maximum atomic E-state index is 13.0. The number of halogens is 1. The molecular formula is C18H21FN2O3. The van der Waals surface area contributed by atoms with Gasteiger partial charge in [0.2, 0.25) is 5.91 Å². The van der Waals surface area contributed by atoms with Gasteiger partial charge in [-0.05, 0) is 38.0 Å². The molecule has 1 amide bonds. The van der Waals surface area contributed by atoms with Crippen molar-refractivity contribution in [1.29, 1.82) is 0 Å². The molecule has 0 radical (unpaired) electrons. The summed E-state index contributed by atoms with van der Waals surface area (Å²) < 4.78 is 23.9. The average Bonchev–Trinajstić information content (AvgIpc) is 2.92. The highest BCUT2D eigenvalue weighted by molar-refractivity contribution is 5.76. The third-order valence-electron chi connectivity index (χ3n) is 4.43. The molecule has 1 atom stereocenters. The minimum absolute atomic E-state index is 0.0883. The predicted molar refractivity (Wildman–Crippen MR) is 86.0 cm³/mol. The largest absolute Gasteiger partial charge is 0.370 e. The van der Waals surface area contributed by atoms with Crippen LogP contribution in [0.2, 0.25) is 0 Å². The molecule has 0 spiro atoms. The first-order valence-corrected chi connectivity index (χ1v) is 8.11. The smallest absolute Gasteiger partial charge is 0.223 e. The van der Waals surface area contributed by atoms with Crippen molar-refractivity contribution < 1.29 is 18.4 Å². The van der Waals surface area contributed by atoms with Crippen LogP contribution in [0.15, 0.2) is 28.8 Å². The van der Waals surface area contributed by atoms with Gasteiger partial charge >= 0.3 is 0 Å². The highest BCUT2D eigenvalue weighted by Crippen LogP contribution is 2.23. The molecule has 5 nitrogen and oxygen atoms in total. The summed E-state index contributed by atoms with van der Waals surface area (Å²) in [5.74, 6) is 0.582. The number of hydrogen-bond donors (Lipinski definition) is 0. The molecule has 2 aromatic rings. The van der Waals surface area contributed by atoms with E-state index in [1.165, 1.54) is 12.1 Å².